The lowest BCUT2D eigenvalue weighted by Gasteiger charge is -2.19. The van der Waals surface area contributed by atoms with Gasteiger partial charge in [0.25, 0.3) is 0 Å². The van der Waals surface area contributed by atoms with Crippen LogP contribution >= 0.6 is 11.3 Å². The fourth-order valence-corrected chi connectivity index (χ4v) is 3.34. The molecule has 0 bridgehead atoms. The molecule has 2 aromatic rings. The third-order valence-corrected chi connectivity index (χ3v) is 4.78. The van der Waals surface area contributed by atoms with Gasteiger partial charge in [0.15, 0.2) is 0 Å². The summed E-state index contributed by atoms with van der Waals surface area (Å²) in [5, 5.41) is 6.91. The van der Waals surface area contributed by atoms with Crippen LogP contribution in [0.25, 0.3) is 0 Å². The number of thiazole rings is 1. The van der Waals surface area contributed by atoms with Gasteiger partial charge in [0, 0.05) is 17.1 Å². The van der Waals surface area contributed by atoms with Gasteiger partial charge in [0.2, 0.25) is 0 Å². The van der Waals surface area contributed by atoms with E-state index in [4.69, 9.17) is 0 Å². The van der Waals surface area contributed by atoms with Gasteiger partial charge in [-0.15, -0.1) is 11.3 Å². The summed E-state index contributed by atoms with van der Waals surface area (Å²) in [4.78, 5) is 4.56. The van der Waals surface area contributed by atoms with Crippen LogP contribution in [0.4, 0.5) is 0 Å². The molecule has 114 valence electrons. The number of nitrogens with zero attached hydrogens (tertiary/aromatic N) is 1. The smallest absolute Gasteiger partial charge is 0.110 e. The first-order valence-electron chi connectivity index (χ1n) is 7.72. The SMILES string of the molecule is Cc1csc(C(C)NC(C)c2ccc(CC(C)C)cc2)n1. The molecular formula is C18H26N2S. The van der Waals surface area contributed by atoms with Crippen molar-refractivity contribution in [3.8, 4) is 0 Å². The van der Waals surface area contributed by atoms with Crippen molar-refractivity contribution in [2.45, 2.75) is 53.1 Å². The van der Waals surface area contributed by atoms with Crippen molar-refractivity contribution < 1.29 is 0 Å². The van der Waals surface area contributed by atoms with Crippen LogP contribution in [-0.4, -0.2) is 4.98 Å². The minimum atomic E-state index is 0.286. The van der Waals surface area contributed by atoms with Gasteiger partial charge in [-0.2, -0.15) is 0 Å². The highest BCUT2D eigenvalue weighted by atomic mass is 32.1. The Hall–Kier alpha value is -1.19. The molecule has 1 heterocycles. The van der Waals surface area contributed by atoms with Gasteiger partial charge >= 0.3 is 0 Å². The molecule has 0 aliphatic carbocycles. The van der Waals surface area contributed by atoms with Crippen LogP contribution in [-0.2, 0) is 6.42 Å². The molecule has 2 atom stereocenters. The Balaban J connectivity index is 1.98. The number of aryl methyl sites for hydroxylation is 1. The summed E-state index contributed by atoms with van der Waals surface area (Å²) in [6, 6.07) is 9.62. The maximum absolute atomic E-state index is 4.56. The number of aromatic nitrogens is 1. The van der Waals surface area contributed by atoms with Gasteiger partial charge in [0.1, 0.15) is 5.01 Å². The molecule has 3 heteroatoms. The van der Waals surface area contributed by atoms with E-state index in [0.29, 0.717) is 12.0 Å². The lowest BCUT2D eigenvalue weighted by Crippen LogP contribution is -2.22. The molecule has 2 unspecified atom stereocenters. The van der Waals surface area contributed by atoms with E-state index in [1.807, 2.05) is 6.92 Å². The third kappa shape index (κ3) is 4.65. The first-order valence-corrected chi connectivity index (χ1v) is 8.60. The maximum atomic E-state index is 4.56. The van der Waals surface area contributed by atoms with Crippen molar-refractivity contribution in [1.29, 1.82) is 0 Å². The van der Waals surface area contributed by atoms with E-state index in [-0.39, 0.29) is 6.04 Å². The maximum Gasteiger partial charge on any atom is 0.110 e. The lowest BCUT2D eigenvalue weighted by molar-refractivity contribution is 0.492. The van der Waals surface area contributed by atoms with E-state index in [1.54, 1.807) is 11.3 Å². The predicted octanol–water partition coefficient (Wildman–Crippen LogP) is 5.06. The molecule has 21 heavy (non-hydrogen) atoms. The average Bonchev–Trinajstić information content (AvgIpc) is 2.85. The summed E-state index contributed by atoms with van der Waals surface area (Å²) in [5.41, 5.74) is 3.86. The molecule has 0 saturated heterocycles. The molecule has 0 fully saturated rings. The van der Waals surface area contributed by atoms with Crippen molar-refractivity contribution in [2.24, 2.45) is 5.92 Å². The third-order valence-electron chi connectivity index (χ3n) is 3.63. The number of nitrogens with one attached hydrogen (secondary N) is 1. The fourth-order valence-electron chi connectivity index (χ4n) is 2.53. The molecular weight excluding hydrogens is 276 g/mol. The summed E-state index contributed by atoms with van der Waals surface area (Å²) in [6.45, 7) is 11.0. The second kappa shape index (κ2) is 7.19. The molecule has 1 N–H and O–H groups in total. The molecule has 0 amide bonds. The Kier molecular flexibility index (Phi) is 5.54. The second-order valence-electron chi connectivity index (χ2n) is 6.28. The highest BCUT2D eigenvalue weighted by molar-refractivity contribution is 7.09. The zero-order valence-corrected chi connectivity index (χ0v) is 14.5. The van der Waals surface area contributed by atoms with Gasteiger partial charge in [-0.25, -0.2) is 4.98 Å². The summed E-state index contributed by atoms with van der Waals surface area (Å²) in [6.07, 6.45) is 1.15. The Labute approximate surface area is 132 Å². The molecule has 0 radical (unpaired) electrons. The minimum absolute atomic E-state index is 0.286. The molecule has 0 saturated carbocycles. The van der Waals surface area contributed by atoms with Gasteiger partial charge in [0.05, 0.1) is 6.04 Å². The van der Waals surface area contributed by atoms with Crippen molar-refractivity contribution in [1.82, 2.24) is 10.3 Å². The normalized spacial score (nSPS) is 14.4. The van der Waals surface area contributed by atoms with Crippen molar-refractivity contribution in [3.05, 3.63) is 51.5 Å². The van der Waals surface area contributed by atoms with Gasteiger partial charge in [-0.1, -0.05) is 38.1 Å². The monoisotopic (exact) mass is 302 g/mol. The Morgan fingerprint density at radius 3 is 2.24 bits per heavy atom. The van der Waals surface area contributed by atoms with Crippen LogP contribution in [0.15, 0.2) is 29.6 Å². The van der Waals surface area contributed by atoms with Crippen LogP contribution in [0.3, 0.4) is 0 Å². The van der Waals surface area contributed by atoms with Gasteiger partial charge in [-0.3, -0.25) is 0 Å². The number of hydrogen-bond donors (Lipinski definition) is 1. The van der Waals surface area contributed by atoms with Crippen LogP contribution in [0.5, 0.6) is 0 Å². The molecule has 1 aromatic heterocycles. The topological polar surface area (TPSA) is 24.9 Å². The zero-order valence-electron chi connectivity index (χ0n) is 13.7. The lowest BCUT2D eigenvalue weighted by atomic mass is 10.00. The van der Waals surface area contributed by atoms with Crippen molar-refractivity contribution in [3.63, 3.8) is 0 Å². The van der Waals surface area contributed by atoms with E-state index < -0.39 is 0 Å². The van der Waals surface area contributed by atoms with E-state index in [2.05, 4.69) is 67.6 Å². The molecule has 0 aliphatic rings. The van der Waals surface area contributed by atoms with Crippen molar-refractivity contribution >= 4 is 11.3 Å². The summed E-state index contributed by atoms with van der Waals surface area (Å²) in [7, 11) is 0. The van der Waals surface area contributed by atoms with E-state index in [1.165, 1.54) is 11.1 Å². The van der Waals surface area contributed by atoms with Crippen LogP contribution in [0.2, 0.25) is 0 Å². The molecule has 0 aliphatic heterocycles. The largest absolute Gasteiger partial charge is 0.302 e. The van der Waals surface area contributed by atoms with E-state index in [0.717, 1.165) is 17.1 Å². The molecule has 2 rings (SSSR count). The molecule has 0 spiro atoms. The number of benzene rings is 1. The van der Waals surface area contributed by atoms with Crippen LogP contribution in [0, 0.1) is 12.8 Å². The summed E-state index contributed by atoms with van der Waals surface area (Å²) in [5.74, 6) is 0.708. The zero-order chi connectivity index (χ0) is 15.4. The Morgan fingerprint density at radius 2 is 1.71 bits per heavy atom. The van der Waals surface area contributed by atoms with Crippen LogP contribution < -0.4 is 5.32 Å². The standard InChI is InChI=1S/C18H26N2S/c1-12(2)10-16-6-8-17(9-7-16)14(4)20-15(5)18-19-13(3)11-21-18/h6-9,11-12,14-15,20H,10H2,1-5H3. The first-order chi connectivity index (χ1) is 9.95. The van der Waals surface area contributed by atoms with E-state index in [9.17, 15) is 0 Å². The number of hydrogen-bond acceptors (Lipinski definition) is 3. The minimum Gasteiger partial charge on any atom is -0.302 e. The highest BCUT2D eigenvalue weighted by Crippen LogP contribution is 2.22. The Morgan fingerprint density at radius 1 is 1.05 bits per heavy atom. The molecule has 2 nitrogen and oxygen atoms in total. The van der Waals surface area contributed by atoms with E-state index >= 15 is 0 Å². The highest BCUT2D eigenvalue weighted by Gasteiger charge is 2.13. The molecule has 1 aromatic carbocycles. The Bertz CT molecular complexity index is 557. The summed E-state index contributed by atoms with van der Waals surface area (Å²) < 4.78 is 0. The average molecular weight is 302 g/mol. The van der Waals surface area contributed by atoms with Gasteiger partial charge < -0.3 is 5.32 Å². The van der Waals surface area contributed by atoms with Gasteiger partial charge in [-0.05, 0) is 44.2 Å². The fraction of sp³-hybridized carbons (Fsp3) is 0.500. The number of rotatable bonds is 6. The van der Waals surface area contributed by atoms with Crippen molar-refractivity contribution in [2.75, 3.05) is 0 Å². The summed E-state index contributed by atoms with van der Waals surface area (Å²) >= 11 is 1.73. The van der Waals surface area contributed by atoms with Crippen LogP contribution in [0.1, 0.15) is 61.6 Å². The predicted molar refractivity (Wildman–Crippen MR) is 91.8 cm³/mol. The first kappa shape index (κ1) is 16.2. The quantitative estimate of drug-likeness (QED) is 0.806. The second-order valence-corrected chi connectivity index (χ2v) is 7.17.